The Balaban J connectivity index is 2.32. The van der Waals surface area contributed by atoms with E-state index < -0.39 is 5.97 Å². The largest absolute Gasteiger partial charge is 0.478 e. The number of aromatic nitrogens is 2. The summed E-state index contributed by atoms with van der Waals surface area (Å²) in [5.74, 6) is -0.959. The molecule has 0 saturated carbocycles. The molecule has 0 bridgehead atoms. The third-order valence-corrected chi connectivity index (χ3v) is 4.18. The van der Waals surface area contributed by atoms with Gasteiger partial charge in [-0.05, 0) is 39.3 Å². The topological polar surface area (TPSA) is 55.1 Å². The van der Waals surface area contributed by atoms with Crippen molar-refractivity contribution in [2.45, 2.75) is 27.7 Å². The van der Waals surface area contributed by atoms with Crippen LogP contribution >= 0.6 is 0 Å². The van der Waals surface area contributed by atoms with E-state index in [2.05, 4.69) is 11.2 Å². The third-order valence-electron chi connectivity index (χ3n) is 4.18. The normalized spacial score (nSPS) is 10.8. The van der Waals surface area contributed by atoms with Gasteiger partial charge >= 0.3 is 5.97 Å². The van der Waals surface area contributed by atoms with Gasteiger partial charge in [-0.3, -0.25) is 0 Å². The number of carbonyl (C=O) groups is 1. The molecule has 1 N–H and O–H groups in total. The number of aromatic carboxylic acids is 1. The van der Waals surface area contributed by atoms with E-state index in [1.165, 1.54) is 0 Å². The lowest BCUT2D eigenvalue weighted by Gasteiger charge is -2.12. The van der Waals surface area contributed by atoms with E-state index in [1.807, 2.05) is 57.2 Å². The monoisotopic (exact) mass is 320 g/mol. The maximum atomic E-state index is 11.8. The molecule has 1 heterocycles. The van der Waals surface area contributed by atoms with Crippen LogP contribution in [0.1, 0.15) is 32.7 Å². The van der Waals surface area contributed by atoms with Crippen molar-refractivity contribution in [1.82, 2.24) is 9.78 Å². The smallest absolute Gasteiger partial charge is 0.339 e. The van der Waals surface area contributed by atoms with E-state index in [0.29, 0.717) is 11.4 Å². The Morgan fingerprint density at radius 2 is 1.58 bits per heavy atom. The Kier molecular flexibility index (Phi) is 3.97. The lowest BCUT2D eigenvalue weighted by molar-refractivity contribution is 0.0697. The summed E-state index contributed by atoms with van der Waals surface area (Å²) >= 11 is 0. The standard InChI is InChI=1S/C20H20N2O2/c1-12-5-8-16(9-6-12)19-18(20(23)24)15(4)21-22(19)17-10-7-13(2)11-14(17)3/h5-11H,1-4H3,(H,23,24). The van der Waals surface area contributed by atoms with Crippen molar-refractivity contribution in [3.8, 4) is 16.9 Å². The number of hydrogen-bond acceptors (Lipinski definition) is 2. The second-order valence-electron chi connectivity index (χ2n) is 6.18. The molecular weight excluding hydrogens is 300 g/mol. The zero-order valence-corrected chi connectivity index (χ0v) is 14.3. The first-order chi connectivity index (χ1) is 11.4. The second-order valence-corrected chi connectivity index (χ2v) is 6.18. The minimum atomic E-state index is -0.959. The maximum absolute atomic E-state index is 11.8. The van der Waals surface area contributed by atoms with Crippen LogP contribution < -0.4 is 0 Å². The summed E-state index contributed by atoms with van der Waals surface area (Å²) in [5, 5.41) is 14.2. The predicted molar refractivity (Wildman–Crippen MR) is 94.9 cm³/mol. The van der Waals surface area contributed by atoms with Crippen LogP contribution in [-0.2, 0) is 0 Å². The Bertz CT molecular complexity index is 922. The summed E-state index contributed by atoms with van der Waals surface area (Å²) in [7, 11) is 0. The molecule has 3 rings (SSSR count). The van der Waals surface area contributed by atoms with E-state index in [1.54, 1.807) is 11.6 Å². The lowest BCUT2D eigenvalue weighted by Crippen LogP contribution is -2.04. The molecule has 1 aromatic heterocycles. The van der Waals surface area contributed by atoms with Crippen molar-refractivity contribution in [3.05, 3.63) is 70.4 Å². The average molecular weight is 320 g/mol. The summed E-state index contributed by atoms with van der Waals surface area (Å²) < 4.78 is 1.75. The Morgan fingerprint density at radius 3 is 2.17 bits per heavy atom. The van der Waals surface area contributed by atoms with Crippen LogP contribution in [0.3, 0.4) is 0 Å². The molecule has 4 nitrogen and oxygen atoms in total. The van der Waals surface area contributed by atoms with Crippen LogP contribution in [0, 0.1) is 27.7 Å². The number of hydrogen-bond donors (Lipinski definition) is 1. The molecule has 0 unspecified atom stereocenters. The summed E-state index contributed by atoms with van der Waals surface area (Å²) in [6, 6.07) is 13.9. The highest BCUT2D eigenvalue weighted by molar-refractivity contribution is 5.96. The van der Waals surface area contributed by atoms with Crippen LogP contribution in [-0.4, -0.2) is 20.9 Å². The van der Waals surface area contributed by atoms with Crippen LogP contribution in [0.4, 0.5) is 0 Å². The van der Waals surface area contributed by atoms with Gasteiger partial charge in [0.25, 0.3) is 0 Å². The van der Waals surface area contributed by atoms with Gasteiger partial charge in [-0.2, -0.15) is 5.10 Å². The Hall–Kier alpha value is -2.88. The van der Waals surface area contributed by atoms with Crippen LogP contribution in [0.25, 0.3) is 16.9 Å². The molecule has 0 aliphatic carbocycles. The van der Waals surface area contributed by atoms with E-state index in [-0.39, 0.29) is 5.56 Å². The molecule has 0 amide bonds. The number of carboxylic acids is 1. The molecule has 0 radical (unpaired) electrons. The molecule has 24 heavy (non-hydrogen) atoms. The molecule has 0 aliphatic heterocycles. The van der Waals surface area contributed by atoms with Crippen molar-refractivity contribution in [3.63, 3.8) is 0 Å². The molecule has 0 aliphatic rings. The summed E-state index contributed by atoms with van der Waals surface area (Å²) in [5.41, 5.74) is 6.47. The van der Waals surface area contributed by atoms with E-state index in [9.17, 15) is 9.90 Å². The summed E-state index contributed by atoms with van der Waals surface area (Å²) in [6.07, 6.45) is 0. The number of benzene rings is 2. The predicted octanol–water partition coefficient (Wildman–Crippen LogP) is 4.47. The number of aryl methyl sites for hydroxylation is 4. The van der Waals surface area contributed by atoms with Crippen LogP contribution in [0.2, 0.25) is 0 Å². The molecule has 4 heteroatoms. The summed E-state index contributed by atoms with van der Waals surface area (Å²) in [4.78, 5) is 11.8. The fraction of sp³-hybridized carbons (Fsp3) is 0.200. The van der Waals surface area contributed by atoms with Crippen molar-refractivity contribution >= 4 is 5.97 Å². The highest BCUT2D eigenvalue weighted by Gasteiger charge is 2.23. The highest BCUT2D eigenvalue weighted by Crippen LogP contribution is 2.30. The fourth-order valence-corrected chi connectivity index (χ4v) is 2.98. The van der Waals surface area contributed by atoms with Gasteiger partial charge < -0.3 is 5.11 Å². The maximum Gasteiger partial charge on any atom is 0.339 e. The first-order valence-electron chi connectivity index (χ1n) is 7.86. The number of carboxylic acid groups (broad SMARTS) is 1. The van der Waals surface area contributed by atoms with Gasteiger partial charge in [0, 0.05) is 5.56 Å². The van der Waals surface area contributed by atoms with Crippen molar-refractivity contribution in [1.29, 1.82) is 0 Å². The zero-order chi connectivity index (χ0) is 17.4. The quantitative estimate of drug-likeness (QED) is 0.774. The highest BCUT2D eigenvalue weighted by atomic mass is 16.4. The van der Waals surface area contributed by atoms with Gasteiger partial charge in [-0.15, -0.1) is 0 Å². The van der Waals surface area contributed by atoms with E-state index in [4.69, 9.17) is 0 Å². The molecule has 2 aromatic carbocycles. The first-order valence-corrected chi connectivity index (χ1v) is 7.86. The Morgan fingerprint density at radius 1 is 0.958 bits per heavy atom. The fourth-order valence-electron chi connectivity index (χ4n) is 2.98. The van der Waals surface area contributed by atoms with Gasteiger partial charge in [0.15, 0.2) is 0 Å². The molecule has 0 fully saturated rings. The number of rotatable bonds is 3. The Labute approximate surface area is 141 Å². The van der Waals surface area contributed by atoms with Crippen molar-refractivity contribution in [2.75, 3.05) is 0 Å². The van der Waals surface area contributed by atoms with Crippen LogP contribution in [0.15, 0.2) is 42.5 Å². The first kappa shape index (κ1) is 16.0. The van der Waals surface area contributed by atoms with Gasteiger partial charge in [-0.1, -0.05) is 47.5 Å². The number of nitrogens with zero attached hydrogens (tertiary/aromatic N) is 2. The molecule has 0 spiro atoms. The third kappa shape index (κ3) is 2.71. The SMILES string of the molecule is Cc1ccc(-c2c(C(=O)O)c(C)nn2-c2ccc(C)cc2C)cc1. The van der Waals surface area contributed by atoms with Crippen molar-refractivity contribution < 1.29 is 9.90 Å². The minimum Gasteiger partial charge on any atom is -0.478 e. The molecular formula is C20H20N2O2. The zero-order valence-electron chi connectivity index (χ0n) is 14.3. The lowest BCUT2D eigenvalue weighted by atomic mass is 10.0. The molecule has 122 valence electrons. The van der Waals surface area contributed by atoms with Gasteiger partial charge in [0.1, 0.15) is 5.56 Å². The van der Waals surface area contributed by atoms with E-state index >= 15 is 0 Å². The van der Waals surface area contributed by atoms with Crippen LogP contribution in [0.5, 0.6) is 0 Å². The average Bonchev–Trinajstić information content (AvgIpc) is 2.85. The molecule has 3 aromatic rings. The molecule has 0 atom stereocenters. The summed E-state index contributed by atoms with van der Waals surface area (Å²) in [6.45, 7) is 7.79. The van der Waals surface area contributed by atoms with Gasteiger partial charge in [0.2, 0.25) is 0 Å². The second kappa shape index (κ2) is 5.96. The van der Waals surface area contributed by atoms with E-state index in [0.717, 1.165) is 27.9 Å². The minimum absolute atomic E-state index is 0.249. The van der Waals surface area contributed by atoms with Gasteiger partial charge in [-0.25, -0.2) is 9.48 Å². The molecule has 0 saturated heterocycles. The van der Waals surface area contributed by atoms with Crippen molar-refractivity contribution in [2.24, 2.45) is 0 Å². The van der Waals surface area contributed by atoms with Gasteiger partial charge in [0.05, 0.1) is 17.1 Å².